The molecule has 2 atom stereocenters. The molecule has 0 unspecified atom stereocenters. The van der Waals surface area contributed by atoms with Gasteiger partial charge >= 0.3 is 0 Å². The van der Waals surface area contributed by atoms with Crippen molar-refractivity contribution < 1.29 is 9.22 Å². The molecular formula is C25H35BrN2O2Si. The van der Waals surface area contributed by atoms with E-state index in [9.17, 15) is 4.79 Å². The summed E-state index contributed by atoms with van der Waals surface area (Å²) in [5, 5.41) is 1.20. The Bertz CT molecular complexity index is 1030. The summed E-state index contributed by atoms with van der Waals surface area (Å²) in [6.45, 7) is 15.8. The molecule has 1 aromatic carbocycles. The Kier molecular flexibility index (Phi) is 5.67. The van der Waals surface area contributed by atoms with E-state index < -0.39 is 13.9 Å². The first-order valence-electron chi connectivity index (χ1n) is 11.5. The fraction of sp³-hybridized carbons (Fsp3) is 0.600. The van der Waals surface area contributed by atoms with Gasteiger partial charge in [0.15, 0.2) is 8.32 Å². The van der Waals surface area contributed by atoms with E-state index in [0.29, 0.717) is 0 Å². The fourth-order valence-electron chi connectivity index (χ4n) is 5.12. The molecule has 1 aromatic heterocycles. The molecule has 0 spiro atoms. The van der Waals surface area contributed by atoms with E-state index >= 15 is 0 Å². The lowest BCUT2D eigenvalue weighted by Gasteiger charge is -2.48. The van der Waals surface area contributed by atoms with Crippen LogP contribution in [0.4, 0.5) is 0 Å². The number of carbonyl (C=O) groups is 1. The molecule has 1 amide bonds. The Morgan fingerprint density at radius 2 is 1.90 bits per heavy atom. The number of fused-ring (bicyclic) bond motifs is 3. The molecule has 2 aromatic rings. The van der Waals surface area contributed by atoms with Crippen molar-refractivity contribution >= 4 is 41.1 Å². The van der Waals surface area contributed by atoms with Gasteiger partial charge in [0.25, 0.3) is 5.91 Å². The first kappa shape index (κ1) is 22.9. The lowest BCUT2D eigenvalue weighted by atomic mass is 9.86. The van der Waals surface area contributed by atoms with Crippen molar-refractivity contribution in [3.05, 3.63) is 40.0 Å². The van der Waals surface area contributed by atoms with Gasteiger partial charge in [-0.1, -0.05) is 55.6 Å². The number of hydrogen-bond donors (Lipinski definition) is 0. The molecule has 2 aliphatic rings. The Morgan fingerprint density at radius 3 is 2.58 bits per heavy atom. The summed E-state index contributed by atoms with van der Waals surface area (Å²) in [6, 6.07) is 6.11. The van der Waals surface area contributed by atoms with Crippen molar-refractivity contribution in [3.63, 3.8) is 0 Å². The van der Waals surface area contributed by atoms with Gasteiger partial charge in [-0.2, -0.15) is 0 Å². The maximum absolute atomic E-state index is 13.8. The molecular weight excluding hydrogens is 468 g/mol. The smallest absolute Gasteiger partial charge is 0.255 e. The molecule has 2 heterocycles. The molecule has 4 nitrogen and oxygen atoms in total. The number of carbonyl (C=O) groups excluding carboxylic acids is 1. The highest BCUT2D eigenvalue weighted by Crippen LogP contribution is 2.48. The van der Waals surface area contributed by atoms with E-state index in [1.54, 1.807) is 0 Å². The third-order valence-corrected chi connectivity index (χ3v) is 12.9. The zero-order valence-electron chi connectivity index (χ0n) is 19.9. The maximum atomic E-state index is 13.8. The largest absolute Gasteiger partial charge is 0.412 e. The molecule has 0 bridgehead atoms. The van der Waals surface area contributed by atoms with Gasteiger partial charge in [-0.05, 0) is 57.0 Å². The summed E-state index contributed by atoms with van der Waals surface area (Å²) < 4.78 is 7.87. The standard InChI is InChI=1S/C25H35BrN2O2Si/c1-24(2,3)31(6,7)30-20-13-9-8-12-19(20)28-23(29)17-15-18(26)16-11-10-14-27-22(16)21(17)25(28,4)5/h10-11,14-15,19-20H,8-9,12-13H2,1-7H3/t19-,20-/m0/s1. The van der Waals surface area contributed by atoms with Gasteiger partial charge in [0.05, 0.1) is 23.2 Å². The number of hydrogen-bond acceptors (Lipinski definition) is 3. The van der Waals surface area contributed by atoms with Gasteiger partial charge < -0.3 is 9.33 Å². The zero-order valence-corrected chi connectivity index (χ0v) is 22.5. The Balaban J connectivity index is 1.78. The molecule has 168 valence electrons. The maximum Gasteiger partial charge on any atom is 0.255 e. The van der Waals surface area contributed by atoms with E-state index in [1.165, 1.54) is 6.42 Å². The Labute approximate surface area is 196 Å². The van der Waals surface area contributed by atoms with Crippen LogP contribution in [0.25, 0.3) is 10.9 Å². The van der Waals surface area contributed by atoms with Crippen molar-refractivity contribution in [2.24, 2.45) is 0 Å². The van der Waals surface area contributed by atoms with E-state index in [-0.39, 0.29) is 23.1 Å². The van der Waals surface area contributed by atoms with Crippen molar-refractivity contribution in [1.29, 1.82) is 0 Å². The highest BCUT2D eigenvalue weighted by Gasteiger charge is 2.51. The van der Waals surface area contributed by atoms with Crippen LogP contribution in [0.5, 0.6) is 0 Å². The number of amides is 1. The van der Waals surface area contributed by atoms with Crippen LogP contribution >= 0.6 is 15.9 Å². The molecule has 4 rings (SSSR count). The van der Waals surface area contributed by atoms with Crippen LogP contribution in [0.2, 0.25) is 18.1 Å². The Hall–Kier alpha value is -1.24. The van der Waals surface area contributed by atoms with Crippen LogP contribution in [-0.4, -0.2) is 36.3 Å². The lowest BCUT2D eigenvalue weighted by molar-refractivity contribution is -0.00678. The second-order valence-electron chi connectivity index (χ2n) is 11.2. The van der Waals surface area contributed by atoms with E-state index in [2.05, 4.69) is 74.6 Å². The third kappa shape index (κ3) is 3.68. The number of benzene rings is 1. The highest BCUT2D eigenvalue weighted by molar-refractivity contribution is 9.10. The average molecular weight is 504 g/mol. The normalized spacial score (nSPS) is 24.0. The average Bonchev–Trinajstić information content (AvgIpc) is 2.87. The Morgan fingerprint density at radius 1 is 1.23 bits per heavy atom. The van der Waals surface area contributed by atoms with Crippen LogP contribution < -0.4 is 0 Å². The van der Waals surface area contributed by atoms with Gasteiger partial charge in [0.1, 0.15) is 0 Å². The molecule has 1 saturated carbocycles. The summed E-state index contributed by atoms with van der Waals surface area (Å²) in [5.41, 5.74) is 2.31. The minimum absolute atomic E-state index is 0.0924. The summed E-state index contributed by atoms with van der Waals surface area (Å²) in [5.74, 6) is 0.115. The second-order valence-corrected chi connectivity index (χ2v) is 16.8. The second kappa shape index (κ2) is 7.67. The highest BCUT2D eigenvalue weighted by atomic mass is 79.9. The quantitative estimate of drug-likeness (QED) is 0.423. The molecule has 1 aliphatic carbocycles. The summed E-state index contributed by atoms with van der Waals surface area (Å²) >= 11 is 3.68. The number of halogens is 1. The number of aromatic nitrogens is 1. The van der Waals surface area contributed by atoms with Crippen LogP contribution in [-0.2, 0) is 9.96 Å². The number of nitrogens with zero attached hydrogens (tertiary/aromatic N) is 2. The van der Waals surface area contributed by atoms with E-state index in [4.69, 9.17) is 9.41 Å². The first-order chi connectivity index (χ1) is 14.4. The molecule has 31 heavy (non-hydrogen) atoms. The SMILES string of the molecule is CC1(C)c2c(cc(Br)c3cccnc23)C(=O)N1[C@H]1CCCC[C@@H]1O[Si](C)(C)C(C)(C)C. The van der Waals surface area contributed by atoms with Gasteiger partial charge in [-0.15, -0.1) is 0 Å². The molecule has 1 fully saturated rings. The van der Waals surface area contributed by atoms with Crippen LogP contribution in [0, 0.1) is 0 Å². The number of pyridine rings is 1. The van der Waals surface area contributed by atoms with E-state index in [0.717, 1.165) is 45.8 Å². The molecule has 0 radical (unpaired) electrons. The lowest BCUT2D eigenvalue weighted by Crippen LogP contribution is -2.56. The van der Waals surface area contributed by atoms with Crippen molar-refractivity contribution in [2.45, 2.75) is 96.1 Å². The summed E-state index contributed by atoms with van der Waals surface area (Å²) in [6.07, 6.45) is 6.24. The number of rotatable bonds is 3. The molecule has 0 saturated heterocycles. The van der Waals surface area contributed by atoms with Gasteiger partial charge in [-0.25, -0.2) is 0 Å². The van der Waals surface area contributed by atoms with Crippen molar-refractivity contribution in [3.8, 4) is 0 Å². The minimum Gasteiger partial charge on any atom is -0.412 e. The monoisotopic (exact) mass is 502 g/mol. The predicted molar refractivity (Wildman–Crippen MR) is 133 cm³/mol. The van der Waals surface area contributed by atoms with Crippen molar-refractivity contribution in [2.75, 3.05) is 0 Å². The molecule has 1 aliphatic heterocycles. The van der Waals surface area contributed by atoms with Gasteiger partial charge in [0, 0.05) is 27.2 Å². The molecule has 0 N–H and O–H groups in total. The van der Waals surface area contributed by atoms with Gasteiger partial charge in [-0.3, -0.25) is 9.78 Å². The minimum atomic E-state index is -1.94. The van der Waals surface area contributed by atoms with E-state index in [1.807, 2.05) is 18.3 Å². The molecule has 6 heteroatoms. The van der Waals surface area contributed by atoms with Crippen LogP contribution in [0.1, 0.15) is 76.2 Å². The summed E-state index contributed by atoms with van der Waals surface area (Å²) in [7, 11) is -1.94. The predicted octanol–water partition coefficient (Wildman–Crippen LogP) is 7.02. The summed E-state index contributed by atoms with van der Waals surface area (Å²) in [4.78, 5) is 20.7. The third-order valence-electron chi connectivity index (χ3n) is 7.76. The topological polar surface area (TPSA) is 42.4 Å². The first-order valence-corrected chi connectivity index (χ1v) is 15.2. The fourth-order valence-corrected chi connectivity index (χ4v) is 7.06. The van der Waals surface area contributed by atoms with Gasteiger partial charge in [0.2, 0.25) is 0 Å². The van der Waals surface area contributed by atoms with Crippen LogP contribution in [0.15, 0.2) is 28.9 Å². The van der Waals surface area contributed by atoms with Crippen molar-refractivity contribution in [1.82, 2.24) is 9.88 Å². The zero-order chi connectivity index (χ0) is 22.8. The van der Waals surface area contributed by atoms with Crippen LogP contribution in [0.3, 0.4) is 0 Å².